The summed E-state index contributed by atoms with van der Waals surface area (Å²) in [7, 11) is 1.18. The summed E-state index contributed by atoms with van der Waals surface area (Å²) in [4.78, 5) is 64.6. The van der Waals surface area contributed by atoms with Crippen LogP contribution >= 0.6 is 0 Å². The van der Waals surface area contributed by atoms with Crippen molar-refractivity contribution in [3.8, 4) is 12.3 Å². The molecule has 4 amide bonds. The fourth-order valence-electron chi connectivity index (χ4n) is 3.51. The number of rotatable bonds is 10. The summed E-state index contributed by atoms with van der Waals surface area (Å²) in [6.07, 6.45) is 4.25. The Morgan fingerprint density at radius 1 is 1.05 bits per heavy atom. The highest BCUT2D eigenvalue weighted by atomic mass is 16.6. The molecule has 0 heterocycles. The molecule has 1 rings (SSSR count). The van der Waals surface area contributed by atoms with Gasteiger partial charge in [0.05, 0.1) is 7.11 Å². The van der Waals surface area contributed by atoms with Crippen molar-refractivity contribution in [1.29, 1.82) is 0 Å². The first-order chi connectivity index (χ1) is 17.5. The van der Waals surface area contributed by atoms with Crippen LogP contribution in [0.3, 0.4) is 0 Å². The number of nitrogens with two attached hydrogens (primary N) is 1. The fourth-order valence-corrected chi connectivity index (χ4v) is 3.51. The number of amides is 4. The third-order valence-electron chi connectivity index (χ3n) is 5.16. The Bertz CT molecular complexity index is 1060. The number of alkyl carbamates (subject to hydrolysis) is 1. The van der Waals surface area contributed by atoms with Gasteiger partial charge in [0.25, 0.3) is 0 Å². The summed E-state index contributed by atoms with van der Waals surface area (Å²) in [5, 5.41) is 5.01. The number of carbonyl (C=O) groups excluding carboxylic acids is 5. The molecule has 4 N–H and O–H groups in total. The molecule has 2 atom stereocenters. The average Bonchev–Trinajstić information content (AvgIpc) is 2.80. The number of terminal acetylenes is 1. The van der Waals surface area contributed by atoms with Crippen molar-refractivity contribution < 1.29 is 33.4 Å². The first-order valence-corrected chi connectivity index (χ1v) is 12.0. The Hall–Kier alpha value is -4.07. The Balaban J connectivity index is 3.59. The number of benzene rings is 1. The van der Waals surface area contributed by atoms with Gasteiger partial charge in [-0.3, -0.25) is 19.2 Å². The molecule has 0 saturated heterocycles. The number of nitrogens with zero attached hydrogens (tertiary/aromatic N) is 1. The molecule has 11 nitrogen and oxygen atoms in total. The van der Waals surface area contributed by atoms with Crippen LogP contribution in [-0.4, -0.2) is 65.5 Å². The SMILES string of the molecule is C#Cc1ccc(C(C(=O)NCC(=O)OC)N(C(=O)C(CCC(N)=O)NC(=O)OC(C)(C)C)C(C)(C)C)cc1. The molecule has 1 aromatic rings. The summed E-state index contributed by atoms with van der Waals surface area (Å²) in [6.45, 7) is 9.68. The van der Waals surface area contributed by atoms with Crippen molar-refractivity contribution in [3.63, 3.8) is 0 Å². The number of nitrogens with one attached hydrogen (secondary N) is 2. The summed E-state index contributed by atoms with van der Waals surface area (Å²) in [5.74, 6) is -0.195. The lowest BCUT2D eigenvalue weighted by Crippen LogP contribution is -2.59. The van der Waals surface area contributed by atoms with Crippen LogP contribution in [-0.2, 0) is 28.7 Å². The average molecular weight is 531 g/mol. The number of methoxy groups -OCH3 is 1. The summed E-state index contributed by atoms with van der Waals surface area (Å²) < 4.78 is 9.91. The zero-order chi connectivity index (χ0) is 29.3. The van der Waals surface area contributed by atoms with Gasteiger partial charge in [0.1, 0.15) is 24.2 Å². The highest BCUT2D eigenvalue weighted by Crippen LogP contribution is 2.31. The fraction of sp³-hybridized carbons (Fsp3) is 0.519. The number of carbonyl (C=O) groups is 5. The topological polar surface area (TPSA) is 157 Å². The molecule has 0 aliphatic heterocycles. The van der Waals surface area contributed by atoms with Gasteiger partial charge in [-0.15, -0.1) is 6.42 Å². The van der Waals surface area contributed by atoms with Crippen molar-refractivity contribution in [3.05, 3.63) is 35.4 Å². The van der Waals surface area contributed by atoms with Gasteiger partial charge in [0.15, 0.2) is 0 Å². The first kappa shape index (κ1) is 32.0. The van der Waals surface area contributed by atoms with Gasteiger partial charge in [-0.2, -0.15) is 0 Å². The maximum atomic E-state index is 14.0. The lowest BCUT2D eigenvalue weighted by molar-refractivity contribution is -0.149. The molecular formula is C27H38N4O7. The zero-order valence-corrected chi connectivity index (χ0v) is 23.0. The number of primary amides is 1. The quantitative estimate of drug-likeness (QED) is 0.307. The Morgan fingerprint density at radius 3 is 2.08 bits per heavy atom. The van der Waals surface area contributed by atoms with E-state index in [1.54, 1.807) is 65.8 Å². The lowest BCUT2D eigenvalue weighted by atomic mass is 9.94. The summed E-state index contributed by atoms with van der Waals surface area (Å²) in [6, 6.07) is 3.94. The largest absolute Gasteiger partial charge is 0.468 e. The summed E-state index contributed by atoms with van der Waals surface area (Å²) >= 11 is 0. The molecule has 0 spiro atoms. The van der Waals surface area contributed by atoms with Crippen LogP contribution in [0.1, 0.15) is 71.6 Å². The van der Waals surface area contributed by atoms with Gasteiger partial charge >= 0.3 is 12.1 Å². The van der Waals surface area contributed by atoms with E-state index in [0.717, 1.165) is 0 Å². The molecule has 0 saturated carbocycles. The van der Waals surface area contributed by atoms with Crippen molar-refractivity contribution in [2.45, 2.75) is 77.6 Å². The van der Waals surface area contributed by atoms with Gasteiger partial charge in [0.2, 0.25) is 17.7 Å². The second-order valence-electron chi connectivity index (χ2n) is 10.5. The smallest absolute Gasteiger partial charge is 0.408 e. The van der Waals surface area contributed by atoms with Crippen LogP contribution in [0.15, 0.2) is 24.3 Å². The molecule has 0 aromatic heterocycles. The van der Waals surface area contributed by atoms with Crippen LogP contribution in [0.2, 0.25) is 0 Å². The van der Waals surface area contributed by atoms with E-state index in [4.69, 9.17) is 16.9 Å². The van der Waals surface area contributed by atoms with E-state index in [1.165, 1.54) is 12.0 Å². The molecule has 0 fully saturated rings. The van der Waals surface area contributed by atoms with Crippen LogP contribution in [0.5, 0.6) is 0 Å². The highest BCUT2D eigenvalue weighted by molar-refractivity contribution is 5.94. The van der Waals surface area contributed by atoms with E-state index in [0.29, 0.717) is 11.1 Å². The Morgan fingerprint density at radius 2 is 1.63 bits per heavy atom. The minimum Gasteiger partial charge on any atom is -0.468 e. The van der Waals surface area contributed by atoms with Crippen molar-refractivity contribution >= 4 is 29.8 Å². The maximum absolute atomic E-state index is 14.0. The molecular weight excluding hydrogens is 492 g/mol. The lowest BCUT2D eigenvalue weighted by Gasteiger charge is -2.43. The van der Waals surface area contributed by atoms with Crippen molar-refractivity contribution in [2.24, 2.45) is 5.73 Å². The van der Waals surface area contributed by atoms with Crippen molar-refractivity contribution in [1.82, 2.24) is 15.5 Å². The predicted octanol–water partition coefficient (Wildman–Crippen LogP) is 1.78. The first-order valence-electron chi connectivity index (χ1n) is 12.0. The van der Waals surface area contributed by atoms with E-state index >= 15 is 0 Å². The van der Waals surface area contributed by atoms with Gasteiger partial charge in [-0.05, 0) is 65.7 Å². The van der Waals surface area contributed by atoms with Gasteiger partial charge < -0.3 is 30.7 Å². The standard InChI is InChI=1S/C27H38N4O7/c1-9-17-10-12-18(13-11-17)22(23(34)29-16-21(33)37-8)31(26(2,3)4)24(35)19(14-15-20(28)32)30-25(36)38-27(5,6)7/h1,10-13,19,22H,14-16H2,2-8H3,(H2,28,32)(H,29,34)(H,30,36). The minimum atomic E-state index is -1.25. The third-order valence-corrected chi connectivity index (χ3v) is 5.16. The molecule has 0 aliphatic carbocycles. The predicted molar refractivity (Wildman–Crippen MR) is 140 cm³/mol. The number of esters is 1. The van der Waals surface area contributed by atoms with Crippen molar-refractivity contribution in [2.75, 3.05) is 13.7 Å². The second kappa shape index (κ2) is 13.5. The molecule has 38 heavy (non-hydrogen) atoms. The maximum Gasteiger partial charge on any atom is 0.408 e. The zero-order valence-electron chi connectivity index (χ0n) is 23.0. The monoisotopic (exact) mass is 530 g/mol. The normalized spacial score (nSPS) is 12.8. The summed E-state index contributed by atoms with van der Waals surface area (Å²) in [5.41, 5.74) is 4.45. The Labute approximate surface area is 223 Å². The molecule has 1 aromatic carbocycles. The number of ether oxygens (including phenoxy) is 2. The molecule has 0 aliphatic rings. The van der Waals surface area contributed by atoms with Crippen LogP contribution in [0, 0.1) is 12.3 Å². The molecule has 208 valence electrons. The molecule has 11 heteroatoms. The number of hydrogen-bond donors (Lipinski definition) is 3. The van der Waals surface area contributed by atoms with E-state index in [2.05, 4.69) is 21.3 Å². The van der Waals surface area contributed by atoms with Gasteiger partial charge in [-0.25, -0.2) is 4.79 Å². The van der Waals surface area contributed by atoms with Crippen LogP contribution in [0.4, 0.5) is 4.79 Å². The van der Waals surface area contributed by atoms with Gasteiger partial charge in [0, 0.05) is 17.5 Å². The minimum absolute atomic E-state index is 0.132. The van der Waals surface area contributed by atoms with Crippen LogP contribution in [0.25, 0.3) is 0 Å². The van der Waals surface area contributed by atoms with E-state index < -0.39 is 59.6 Å². The molecule has 2 unspecified atom stereocenters. The van der Waals surface area contributed by atoms with Gasteiger partial charge in [-0.1, -0.05) is 18.1 Å². The van der Waals surface area contributed by atoms with E-state index in [-0.39, 0.29) is 12.8 Å². The van der Waals surface area contributed by atoms with E-state index in [9.17, 15) is 24.0 Å². The number of hydrogen-bond acceptors (Lipinski definition) is 7. The molecule has 0 bridgehead atoms. The highest BCUT2D eigenvalue weighted by Gasteiger charge is 2.42. The van der Waals surface area contributed by atoms with E-state index in [1.807, 2.05) is 0 Å². The second-order valence-corrected chi connectivity index (χ2v) is 10.5. The third kappa shape index (κ3) is 10.1. The Kier molecular flexibility index (Phi) is 11.3. The molecule has 0 radical (unpaired) electrons. The van der Waals surface area contributed by atoms with Crippen LogP contribution < -0.4 is 16.4 Å².